The maximum Gasteiger partial charge on any atom is 0.318 e. The molecule has 0 spiro atoms. The molecule has 1 aromatic heterocycles. The summed E-state index contributed by atoms with van der Waals surface area (Å²) in [6, 6.07) is 4.91. The van der Waals surface area contributed by atoms with Gasteiger partial charge in [0.2, 0.25) is 0 Å². The maximum atomic E-state index is 14.1. The molecule has 0 radical (unpaired) electrons. The van der Waals surface area contributed by atoms with E-state index >= 15 is 0 Å². The number of piperazine rings is 1. The van der Waals surface area contributed by atoms with Crippen LogP contribution in [0.25, 0.3) is 0 Å². The summed E-state index contributed by atoms with van der Waals surface area (Å²) in [6.45, 7) is 0.165. The molecule has 3 rings (SSSR count). The fourth-order valence-corrected chi connectivity index (χ4v) is 3.15. The van der Waals surface area contributed by atoms with E-state index in [1.54, 1.807) is 13.0 Å². The van der Waals surface area contributed by atoms with Crippen LogP contribution in [0.1, 0.15) is 33.6 Å². The standard InChI is InChI=1S/C20H25FN4O2/c1-14-13-24(19-7-8-22-12-18(19)21)9-10-25(14)20(26)23-15(2)16-5-4-6-17(11-16)27-3/h4-8,11-12,14-15H,9-10,13H2,1-3H3,(H,23,26)/t14-,15?/m1/s1/i2D3,3D3. The fraction of sp³-hybridized carbons (Fsp3) is 0.400. The van der Waals surface area contributed by atoms with Gasteiger partial charge in [0, 0.05) is 36.0 Å². The first-order chi connectivity index (χ1) is 15.3. The van der Waals surface area contributed by atoms with Crippen LogP contribution < -0.4 is 15.0 Å². The Bertz CT molecular complexity index is 988. The zero-order valence-corrected chi connectivity index (χ0v) is 14.9. The normalized spacial score (nSPS) is 22.4. The molecule has 27 heavy (non-hydrogen) atoms. The van der Waals surface area contributed by atoms with E-state index in [2.05, 4.69) is 10.3 Å². The summed E-state index contributed by atoms with van der Waals surface area (Å²) in [5.74, 6) is -0.485. The van der Waals surface area contributed by atoms with Crippen LogP contribution in [0.15, 0.2) is 42.7 Å². The first-order valence-electron chi connectivity index (χ1n) is 11.6. The van der Waals surface area contributed by atoms with Crippen molar-refractivity contribution in [3.05, 3.63) is 54.1 Å². The molecule has 144 valence electrons. The van der Waals surface area contributed by atoms with Crippen molar-refractivity contribution in [1.29, 1.82) is 0 Å². The maximum absolute atomic E-state index is 14.1. The summed E-state index contributed by atoms with van der Waals surface area (Å²) in [4.78, 5) is 20.1. The molecule has 2 aromatic rings. The lowest BCUT2D eigenvalue weighted by Gasteiger charge is -2.41. The van der Waals surface area contributed by atoms with E-state index in [0.29, 0.717) is 18.8 Å². The monoisotopic (exact) mass is 378 g/mol. The van der Waals surface area contributed by atoms with Crippen molar-refractivity contribution < 1.29 is 22.1 Å². The lowest BCUT2D eigenvalue weighted by Crippen LogP contribution is -2.57. The molecule has 2 amide bonds. The number of methoxy groups -OCH3 is 1. The van der Waals surface area contributed by atoms with Gasteiger partial charge in [-0.25, -0.2) is 9.18 Å². The largest absolute Gasteiger partial charge is 0.497 e. The van der Waals surface area contributed by atoms with Crippen LogP contribution in [0.4, 0.5) is 14.9 Å². The number of aromatic nitrogens is 1. The van der Waals surface area contributed by atoms with Gasteiger partial charge in [0.1, 0.15) is 5.75 Å². The van der Waals surface area contributed by atoms with E-state index in [1.165, 1.54) is 35.4 Å². The molecule has 2 atom stereocenters. The van der Waals surface area contributed by atoms with Crippen molar-refractivity contribution in [3.8, 4) is 5.75 Å². The van der Waals surface area contributed by atoms with Crippen LogP contribution in [0.3, 0.4) is 0 Å². The van der Waals surface area contributed by atoms with Gasteiger partial charge in [-0.2, -0.15) is 0 Å². The average Bonchev–Trinajstić information content (AvgIpc) is 2.70. The van der Waals surface area contributed by atoms with Gasteiger partial charge in [0.15, 0.2) is 5.82 Å². The number of carbonyl (C=O) groups excluding carboxylic acids is 1. The molecule has 7 heteroatoms. The first kappa shape index (κ1) is 12.5. The Morgan fingerprint density at radius 2 is 2.33 bits per heavy atom. The van der Waals surface area contributed by atoms with Crippen LogP contribution in [0, 0.1) is 5.82 Å². The van der Waals surface area contributed by atoms with E-state index < -0.39 is 31.8 Å². The summed E-state index contributed by atoms with van der Waals surface area (Å²) in [6.07, 6.45) is 2.62. The predicted octanol–water partition coefficient (Wildman–Crippen LogP) is 3.21. The van der Waals surface area contributed by atoms with Gasteiger partial charge in [-0.15, -0.1) is 0 Å². The topological polar surface area (TPSA) is 57.7 Å². The summed E-state index contributed by atoms with van der Waals surface area (Å²) in [7, 11) is -2.69. The summed E-state index contributed by atoms with van der Waals surface area (Å²) in [5, 5.41) is 2.56. The second-order valence-corrected chi connectivity index (χ2v) is 6.37. The Kier molecular flexibility index (Phi) is 3.83. The number of nitrogens with zero attached hydrogens (tertiary/aromatic N) is 3. The zero-order valence-electron chi connectivity index (χ0n) is 20.9. The van der Waals surface area contributed by atoms with Gasteiger partial charge in [-0.1, -0.05) is 12.1 Å². The van der Waals surface area contributed by atoms with E-state index in [0.717, 1.165) is 6.20 Å². The number of benzene rings is 1. The number of nitrogens with one attached hydrogen (secondary N) is 1. The fourth-order valence-electron chi connectivity index (χ4n) is 3.15. The number of halogens is 1. The molecule has 2 heterocycles. The number of pyridine rings is 1. The van der Waals surface area contributed by atoms with Gasteiger partial charge in [0.25, 0.3) is 0 Å². The van der Waals surface area contributed by atoms with Crippen molar-refractivity contribution in [1.82, 2.24) is 15.2 Å². The molecule has 1 N–H and O–H groups in total. The lowest BCUT2D eigenvalue weighted by atomic mass is 10.1. The molecule has 0 saturated carbocycles. The highest BCUT2D eigenvalue weighted by molar-refractivity contribution is 5.75. The third-order valence-corrected chi connectivity index (χ3v) is 4.56. The average molecular weight is 378 g/mol. The Labute approximate surface area is 167 Å². The SMILES string of the molecule is [2H]C([2H])([2H])Oc1cccc(C(NC(=O)N2CCN(c3ccncc3F)C[C@H]2C)C([2H])([2H])[2H])c1. The number of hydrogen-bond acceptors (Lipinski definition) is 4. The quantitative estimate of drug-likeness (QED) is 0.888. The Balaban J connectivity index is 1.74. The lowest BCUT2D eigenvalue weighted by molar-refractivity contribution is 0.168. The third kappa shape index (κ3) is 4.30. The summed E-state index contributed by atoms with van der Waals surface area (Å²) < 4.78 is 64.3. The van der Waals surface area contributed by atoms with Crippen LogP contribution in [0.2, 0.25) is 0 Å². The molecule has 6 nitrogen and oxygen atoms in total. The van der Waals surface area contributed by atoms with Crippen molar-refractivity contribution in [2.45, 2.75) is 25.9 Å². The molecule has 0 aliphatic carbocycles. The molecule has 1 unspecified atom stereocenters. The number of amides is 2. The second-order valence-electron chi connectivity index (χ2n) is 6.37. The van der Waals surface area contributed by atoms with Gasteiger partial charge >= 0.3 is 6.03 Å². The Hall–Kier alpha value is -2.83. The predicted molar refractivity (Wildman–Crippen MR) is 103 cm³/mol. The number of carbonyl (C=O) groups is 1. The van der Waals surface area contributed by atoms with Crippen molar-refractivity contribution in [3.63, 3.8) is 0 Å². The third-order valence-electron chi connectivity index (χ3n) is 4.56. The van der Waals surface area contributed by atoms with Crippen LogP contribution in [-0.4, -0.2) is 48.6 Å². The highest BCUT2D eigenvalue weighted by Crippen LogP contribution is 2.23. The van der Waals surface area contributed by atoms with Crippen molar-refractivity contribution in [2.24, 2.45) is 0 Å². The minimum Gasteiger partial charge on any atom is -0.497 e. The van der Waals surface area contributed by atoms with Gasteiger partial charge in [0.05, 0.1) is 29.1 Å². The van der Waals surface area contributed by atoms with Crippen LogP contribution in [-0.2, 0) is 0 Å². The highest BCUT2D eigenvalue weighted by atomic mass is 19.1. The molecule has 1 saturated heterocycles. The van der Waals surface area contributed by atoms with E-state index in [9.17, 15) is 9.18 Å². The molecule has 1 aliphatic rings. The van der Waals surface area contributed by atoms with E-state index in [4.69, 9.17) is 13.0 Å². The first-order valence-corrected chi connectivity index (χ1v) is 8.56. The molecule has 0 bridgehead atoms. The van der Waals surface area contributed by atoms with Gasteiger partial charge < -0.3 is 19.9 Å². The number of rotatable bonds is 4. The molecule has 1 aromatic carbocycles. The summed E-state index contributed by atoms with van der Waals surface area (Å²) >= 11 is 0. The Morgan fingerprint density at radius 3 is 3.07 bits per heavy atom. The second kappa shape index (κ2) is 8.24. The molecular formula is C20H25FN4O2. The minimum absolute atomic E-state index is 0.0302. The van der Waals surface area contributed by atoms with Gasteiger partial charge in [-0.05, 0) is 37.5 Å². The smallest absolute Gasteiger partial charge is 0.318 e. The van der Waals surface area contributed by atoms with Gasteiger partial charge in [-0.3, -0.25) is 4.98 Å². The number of urea groups is 1. The van der Waals surface area contributed by atoms with Crippen LogP contribution >= 0.6 is 0 Å². The number of ether oxygens (including phenoxy) is 1. The van der Waals surface area contributed by atoms with E-state index in [-0.39, 0.29) is 23.9 Å². The van der Waals surface area contributed by atoms with Crippen LogP contribution in [0.5, 0.6) is 5.75 Å². The van der Waals surface area contributed by atoms with E-state index in [1.807, 2.05) is 4.90 Å². The molecular weight excluding hydrogens is 347 g/mol. The minimum atomic E-state index is -2.69. The Morgan fingerprint density at radius 1 is 1.44 bits per heavy atom. The number of hydrogen-bond donors (Lipinski definition) is 1. The zero-order chi connectivity index (χ0) is 24.4. The summed E-state index contributed by atoms with van der Waals surface area (Å²) in [5.41, 5.74) is 0.582. The number of anilines is 1. The molecule has 1 fully saturated rings. The van der Waals surface area contributed by atoms with Crippen molar-refractivity contribution in [2.75, 3.05) is 31.6 Å². The van der Waals surface area contributed by atoms with Crippen molar-refractivity contribution >= 4 is 11.7 Å². The molecule has 1 aliphatic heterocycles. The highest BCUT2D eigenvalue weighted by Gasteiger charge is 2.29.